The van der Waals surface area contributed by atoms with E-state index in [1.807, 2.05) is 0 Å². The highest BCUT2D eigenvalue weighted by Gasteiger charge is 2.34. The molecular weight excluding hydrogens is 429 g/mol. The van der Waals surface area contributed by atoms with Crippen molar-refractivity contribution in [2.75, 3.05) is 33.2 Å². The lowest BCUT2D eigenvalue weighted by atomic mass is 10.1. The van der Waals surface area contributed by atoms with Gasteiger partial charge in [0.05, 0.1) is 4.90 Å². The van der Waals surface area contributed by atoms with Gasteiger partial charge in [-0.05, 0) is 24.3 Å². The van der Waals surface area contributed by atoms with Crippen molar-refractivity contribution in [3.8, 4) is 5.75 Å². The van der Waals surface area contributed by atoms with Gasteiger partial charge in [0.2, 0.25) is 15.9 Å². The fourth-order valence-electron chi connectivity index (χ4n) is 3.10. The zero-order valence-corrected chi connectivity index (χ0v) is 16.7. The minimum atomic E-state index is -4.87. The number of hydrogen-bond donors (Lipinski definition) is 0. The number of benzene rings is 1. The quantitative estimate of drug-likeness (QED) is 0.685. The summed E-state index contributed by atoms with van der Waals surface area (Å²) in [5.74, 6) is -1.05. The van der Waals surface area contributed by atoms with Gasteiger partial charge in [-0.25, -0.2) is 13.4 Å². The molecule has 2 amide bonds. The Morgan fingerprint density at radius 3 is 2.20 bits per heavy atom. The van der Waals surface area contributed by atoms with Crippen LogP contribution in [0.3, 0.4) is 0 Å². The first kappa shape index (κ1) is 22.0. The number of sulfonamides is 1. The molecule has 0 aliphatic carbocycles. The van der Waals surface area contributed by atoms with Gasteiger partial charge in [0.1, 0.15) is 11.5 Å². The normalized spacial score (nSPS) is 18.9. The molecule has 0 atom stereocenters. The Morgan fingerprint density at radius 1 is 1.07 bits per heavy atom. The van der Waals surface area contributed by atoms with E-state index in [0.29, 0.717) is 0 Å². The second-order valence-corrected chi connectivity index (χ2v) is 8.62. The SMILES string of the molecule is CN1N=C(C(=O)N2CCN(S(=O)(=O)c3ccc(OC(F)(F)F)cc3)CC2)CCC1=O. The maximum absolute atomic E-state index is 12.7. The van der Waals surface area contributed by atoms with Crippen molar-refractivity contribution < 1.29 is 35.9 Å². The van der Waals surface area contributed by atoms with Gasteiger partial charge in [-0.15, -0.1) is 13.2 Å². The molecule has 0 bridgehead atoms. The first-order valence-corrected chi connectivity index (χ1v) is 10.4. The zero-order chi connectivity index (χ0) is 22.1. The van der Waals surface area contributed by atoms with E-state index in [2.05, 4.69) is 9.84 Å². The number of hydrazone groups is 1. The largest absolute Gasteiger partial charge is 0.573 e. The third-order valence-electron chi connectivity index (χ3n) is 4.68. The zero-order valence-electron chi connectivity index (χ0n) is 15.9. The first-order chi connectivity index (χ1) is 14.0. The molecule has 0 aromatic heterocycles. The van der Waals surface area contributed by atoms with E-state index >= 15 is 0 Å². The van der Waals surface area contributed by atoms with Crippen molar-refractivity contribution in [3.63, 3.8) is 0 Å². The number of ether oxygens (including phenoxy) is 1. The Kier molecular flexibility index (Phi) is 6.04. The van der Waals surface area contributed by atoms with Gasteiger partial charge in [-0.1, -0.05) is 0 Å². The van der Waals surface area contributed by atoms with Gasteiger partial charge >= 0.3 is 6.36 Å². The molecule has 13 heteroatoms. The van der Waals surface area contributed by atoms with E-state index in [9.17, 15) is 31.2 Å². The number of rotatable bonds is 4. The summed E-state index contributed by atoms with van der Waals surface area (Å²) in [4.78, 5) is 25.3. The van der Waals surface area contributed by atoms with Crippen LogP contribution in [0.2, 0.25) is 0 Å². The van der Waals surface area contributed by atoms with Gasteiger partial charge in [-0.2, -0.15) is 9.41 Å². The topological polar surface area (TPSA) is 99.6 Å². The number of carbonyl (C=O) groups excluding carboxylic acids is 2. The van der Waals surface area contributed by atoms with E-state index < -0.39 is 22.1 Å². The molecule has 0 radical (unpaired) electrons. The average molecular weight is 448 g/mol. The molecule has 1 fully saturated rings. The monoisotopic (exact) mass is 448 g/mol. The number of piperazine rings is 1. The molecule has 164 valence electrons. The number of carbonyl (C=O) groups is 2. The highest BCUT2D eigenvalue weighted by Crippen LogP contribution is 2.25. The van der Waals surface area contributed by atoms with Crippen molar-refractivity contribution in [3.05, 3.63) is 24.3 Å². The molecule has 1 aromatic carbocycles. The molecule has 2 heterocycles. The van der Waals surface area contributed by atoms with Crippen molar-refractivity contribution in [2.45, 2.75) is 24.1 Å². The minimum absolute atomic E-state index is 0.0247. The van der Waals surface area contributed by atoms with Crippen LogP contribution in [0.5, 0.6) is 5.75 Å². The lowest BCUT2D eigenvalue weighted by Crippen LogP contribution is -2.52. The Labute approximate surface area is 170 Å². The second kappa shape index (κ2) is 8.22. The summed E-state index contributed by atoms with van der Waals surface area (Å²) in [6, 6.07) is 3.94. The lowest BCUT2D eigenvalue weighted by molar-refractivity contribution is -0.274. The second-order valence-electron chi connectivity index (χ2n) is 6.68. The number of halogens is 3. The van der Waals surface area contributed by atoms with Crippen LogP contribution in [-0.4, -0.2) is 79.7 Å². The highest BCUT2D eigenvalue weighted by molar-refractivity contribution is 7.89. The van der Waals surface area contributed by atoms with E-state index in [1.165, 1.54) is 11.9 Å². The summed E-state index contributed by atoms with van der Waals surface area (Å²) in [7, 11) is -2.47. The van der Waals surface area contributed by atoms with Crippen LogP contribution >= 0.6 is 0 Å². The van der Waals surface area contributed by atoms with Crippen molar-refractivity contribution in [1.82, 2.24) is 14.2 Å². The van der Waals surface area contributed by atoms with Crippen LogP contribution in [0.15, 0.2) is 34.3 Å². The van der Waals surface area contributed by atoms with E-state index in [-0.39, 0.29) is 61.4 Å². The minimum Gasteiger partial charge on any atom is -0.406 e. The average Bonchev–Trinajstić information content (AvgIpc) is 2.69. The number of nitrogens with zero attached hydrogens (tertiary/aromatic N) is 4. The fourth-order valence-corrected chi connectivity index (χ4v) is 4.52. The Hall–Kier alpha value is -2.67. The standard InChI is InChI=1S/C17H19F3N4O5S/c1-22-15(25)7-6-14(21-22)16(26)23-8-10-24(11-9-23)30(27,28)13-4-2-12(3-5-13)29-17(18,19)20/h2-5H,6-11H2,1H3. The van der Waals surface area contributed by atoms with Gasteiger partial charge in [0.15, 0.2) is 0 Å². The van der Waals surface area contributed by atoms with Crippen LogP contribution in [0, 0.1) is 0 Å². The lowest BCUT2D eigenvalue weighted by Gasteiger charge is -2.34. The summed E-state index contributed by atoms with van der Waals surface area (Å²) >= 11 is 0. The Morgan fingerprint density at radius 2 is 1.67 bits per heavy atom. The van der Waals surface area contributed by atoms with Gasteiger partial charge in [-0.3, -0.25) is 9.59 Å². The maximum Gasteiger partial charge on any atom is 0.573 e. The number of hydrogen-bond acceptors (Lipinski definition) is 6. The summed E-state index contributed by atoms with van der Waals surface area (Å²) < 4.78 is 67.1. The third kappa shape index (κ3) is 4.90. The van der Waals surface area contributed by atoms with E-state index in [4.69, 9.17) is 0 Å². The molecule has 0 spiro atoms. The summed E-state index contributed by atoms with van der Waals surface area (Å²) in [5, 5.41) is 5.09. The molecule has 9 nitrogen and oxygen atoms in total. The van der Waals surface area contributed by atoms with Crippen LogP contribution < -0.4 is 4.74 Å². The van der Waals surface area contributed by atoms with Crippen molar-refractivity contribution in [1.29, 1.82) is 0 Å². The molecule has 1 saturated heterocycles. The number of alkyl halides is 3. The Bertz CT molecular complexity index is 955. The van der Waals surface area contributed by atoms with Gasteiger partial charge in [0, 0.05) is 46.1 Å². The van der Waals surface area contributed by atoms with Crippen LogP contribution in [0.1, 0.15) is 12.8 Å². The molecule has 3 rings (SSSR count). The number of amides is 2. The molecule has 0 N–H and O–H groups in total. The molecule has 2 aliphatic rings. The van der Waals surface area contributed by atoms with Gasteiger partial charge < -0.3 is 9.64 Å². The van der Waals surface area contributed by atoms with E-state index in [0.717, 1.165) is 33.6 Å². The predicted molar refractivity (Wildman–Crippen MR) is 97.9 cm³/mol. The molecule has 30 heavy (non-hydrogen) atoms. The molecule has 0 unspecified atom stereocenters. The first-order valence-electron chi connectivity index (χ1n) is 8.96. The van der Waals surface area contributed by atoms with Crippen LogP contribution in [0.4, 0.5) is 13.2 Å². The van der Waals surface area contributed by atoms with Crippen molar-refractivity contribution >= 4 is 27.5 Å². The Balaban J connectivity index is 1.63. The van der Waals surface area contributed by atoms with Crippen LogP contribution in [-0.2, 0) is 19.6 Å². The molecule has 0 saturated carbocycles. The molecular formula is C17H19F3N4O5S. The summed E-state index contributed by atoms with van der Waals surface area (Å²) in [6.07, 6.45) is -4.45. The predicted octanol–water partition coefficient (Wildman–Crippen LogP) is 1.03. The summed E-state index contributed by atoms with van der Waals surface area (Å²) in [5.41, 5.74) is 0.244. The molecule has 1 aromatic rings. The third-order valence-corrected chi connectivity index (χ3v) is 6.59. The smallest absolute Gasteiger partial charge is 0.406 e. The maximum atomic E-state index is 12.7. The highest BCUT2D eigenvalue weighted by atomic mass is 32.2. The summed E-state index contributed by atoms with van der Waals surface area (Å²) in [6.45, 7) is 0.307. The molecule has 2 aliphatic heterocycles. The van der Waals surface area contributed by atoms with Gasteiger partial charge in [0.25, 0.3) is 5.91 Å². The van der Waals surface area contributed by atoms with E-state index in [1.54, 1.807) is 0 Å². The van der Waals surface area contributed by atoms with Crippen LogP contribution in [0.25, 0.3) is 0 Å². The van der Waals surface area contributed by atoms with Crippen molar-refractivity contribution in [2.24, 2.45) is 5.10 Å². The fraction of sp³-hybridized carbons (Fsp3) is 0.471.